The summed E-state index contributed by atoms with van der Waals surface area (Å²) in [4.78, 5) is 11.6. The molecule has 0 radical (unpaired) electrons. The predicted molar refractivity (Wildman–Crippen MR) is 83.6 cm³/mol. The quantitative estimate of drug-likeness (QED) is 0.688. The first-order valence-electron chi connectivity index (χ1n) is 7.47. The molecule has 21 heavy (non-hydrogen) atoms. The highest BCUT2D eigenvalue weighted by Gasteiger charge is 2.10. The Morgan fingerprint density at radius 1 is 1.33 bits per heavy atom. The van der Waals surface area contributed by atoms with E-state index in [4.69, 9.17) is 4.74 Å². The fraction of sp³-hybridized carbons (Fsp3) is 0.562. The number of hydrogen-bond donors (Lipinski definition) is 3. The number of carbonyl (C=O) groups excluding carboxylic acids is 1. The second-order valence-corrected chi connectivity index (χ2v) is 5.15. The van der Waals surface area contributed by atoms with Gasteiger partial charge in [0.15, 0.2) is 0 Å². The number of carbonyl (C=O) groups is 1. The Morgan fingerprint density at radius 2 is 2.05 bits per heavy atom. The van der Waals surface area contributed by atoms with Crippen LogP contribution in [0.4, 0.5) is 4.79 Å². The molecule has 1 unspecified atom stereocenters. The molecule has 0 aliphatic carbocycles. The van der Waals surface area contributed by atoms with Crippen LogP contribution in [0.3, 0.4) is 0 Å². The number of benzene rings is 1. The lowest BCUT2D eigenvalue weighted by atomic mass is 10.2. The zero-order valence-corrected chi connectivity index (χ0v) is 13.1. The standard InChI is InChI=1S/C16H26N2O3/c1-4-13(5-2)18-16(20)17-10-14(19)11-21-15-8-6-7-12(3)9-15/h6-9,13-14,19H,4-5,10-11H2,1-3H3,(H2,17,18,20). The summed E-state index contributed by atoms with van der Waals surface area (Å²) in [5, 5.41) is 15.3. The summed E-state index contributed by atoms with van der Waals surface area (Å²) in [7, 11) is 0. The summed E-state index contributed by atoms with van der Waals surface area (Å²) in [5.41, 5.74) is 1.10. The smallest absolute Gasteiger partial charge is 0.315 e. The average molecular weight is 294 g/mol. The van der Waals surface area contributed by atoms with Crippen LogP contribution in [0.5, 0.6) is 5.75 Å². The Bertz CT molecular complexity index is 433. The molecule has 0 heterocycles. The number of aryl methyl sites for hydroxylation is 1. The van der Waals surface area contributed by atoms with Crippen LogP contribution in [0.1, 0.15) is 32.3 Å². The zero-order chi connectivity index (χ0) is 15.7. The second-order valence-electron chi connectivity index (χ2n) is 5.15. The Labute approximate surface area is 126 Å². The fourth-order valence-corrected chi connectivity index (χ4v) is 1.90. The molecule has 0 aliphatic rings. The molecule has 1 atom stereocenters. The van der Waals surface area contributed by atoms with Gasteiger partial charge in [0.1, 0.15) is 18.5 Å². The summed E-state index contributed by atoms with van der Waals surface area (Å²) >= 11 is 0. The van der Waals surface area contributed by atoms with Crippen LogP contribution in [-0.2, 0) is 0 Å². The highest BCUT2D eigenvalue weighted by atomic mass is 16.5. The van der Waals surface area contributed by atoms with Gasteiger partial charge in [-0.25, -0.2) is 4.79 Å². The molecule has 118 valence electrons. The van der Waals surface area contributed by atoms with E-state index in [2.05, 4.69) is 10.6 Å². The van der Waals surface area contributed by atoms with Gasteiger partial charge in [0.05, 0.1) is 0 Å². The van der Waals surface area contributed by atoms with Crippen LogP contribution in [0, 0.1) is 6.92 Å². The Hall–Kier alpha value is -1.75. The fourth-order valence-electron chi connectivity index (χ4n) is 1.90. The first-order chi connectivity index (χ1) is 10.0. The van der Waals surface area contributed by atoms with Gasteiger partial charge < -0.3 is 20.5 Å². The van der Waals surface area contributed by atoms with Crippen molar-refractivity contribution in [3.8, 4) is 5.75 Å². The van der Waals surface area contributed by atoms with Gasteiger partial charge in [-0.05, 0) is 37.5 Å². The van der Waals surface area contributed by atoms with Gasteiger partial charge >= 0.3 is 6.03 Å². The summed E-state index contributed by atoms with van der Waals surface area (Å²) < 4.78 is 5.48. The molecule has 0 saturated carbocycles. The maximum Gasteiger partial charge on any atom is 0.315 e. The van der Waals surface area contributed by atoms with Crippen molar-refractivity contribution < 1.29 is 14.6 Å². The number of hydrogen-bond acceptors (Lipinski definition) is 3. The molecule has 1 aromatic rings. The van der Waals surface area contributed by atoms with E-state index in [-0.39, 0.29) is 25.2 Å². The lowest BCUT2D eigenvalue weighted by Crippen LogP contribution is -2.45. The van der Waals surface area contributed by atoms with Gasteiger partial charge in [0.25, 0.3) is 0 Å². The number of ether oxygens (including phenoxy) is 1. The summed E-state index contributed by atoms with van der Waals surface area (Å²) in [6, 6.07) is 7.54. The molecule has 0 saturated heterocycles. The van der Waals surface area contributed by atoms with E-state index in [0.29, 0.717) is 0 Å². The van der Waals surface area contributed by atoms with Crippen molar-refractivity contribution in [2.24, 2.45) is 0 Å². The van der Waals surface area contributed by atoms with Crippen molar-refractivity contribution in [1.29, 1.82) is 0 Å². The molecular formula is C16H26N2O3. The molecule has 1 aromatic carbocycles. The summed E-state index contributed by atoms with van der Waals surface area (Å²) in [6.45, 7) is 6.34. The third-order valence-corrected chi connectivity index (χ3v) is 3.25. The zero-order valence-electron chi connectivity index (χ0n) is 13.1. The van der Waals surface area contributed by atoms with Gasteiger partial charge in [-0.3, -0.25) is 0 Å². The Morgan fingerprint density at radius 3 is 2.67 bits per heavy atom. The summed E-state index contributed by atoms with van der Waals surface area (Å²) in [6.07, 6.45) is 1.05. The highest BCUT2D eigenvalue weighted by molar-refractivity contribution is 5.74. The number of aliphatic hydroxyl groups is 1. The van der Waals surface area contributed by atoms with Gasteiger partial charge in [-0.1, -0.05) is 26.0 Å². The second kappa shape index (κ2) is 9.23. The van der Waals surface area contributed by atoms with Crippen LogP contribution in [0.2, 0.25) is 0 Å². The van der Waals surface area contributed by atoms with Crippen LogP contribution in [0.25, 0.3) is 0 Å². The van der Waals surface area contributed by atoms with Gasteiger partial charge in [0, 0.05) is 12.6 Å². The van der Waals surface area contributed by atoms with Crippen molar-refractivity contribution in [1.82, 2.24) is 10.6 Å². The molecule has 0 bridgehead atoms. The molecule has 5 nitrogen and oxygen atoms in total. The Balaban J connectivity index is 2.24. The molecule has 2 amide bonds. The van der Waals surface area contributed by atoms with E-state index >= 15 is 0 Å². The van der Waals surface area contributed by atoms with Crippen molar-refractivity contribution >= 4 is 6.03 Å². The predicted octanol–water partition coefficient (Wildman–Crippen LogP) is 2.22. The molecule has 1 rings (SSSR count). The largest absolute Gasteiger partial charge is 0.491 e. The van der Waals surface area contributed by atoms with Crippen molar-refractivity contribution in [2.75, 3.05) is 13.2 Å². The van der Waals surface area contributed by atoms with E-state index in [1.165, 1.54) is 0 Å². The minimum Gasteiger partial charge on any atom is -0.491 e. The molecule has 0 fully saturated rings. The van der Waals surface area contributed by atoms with Crippen LogP contribution in [0.15, 0.2) is 24.3 Å². The van der Waals surface area contributed by atoms with Crippen molar-refractivity contribution in [3.63, 3.8) is 0 Å². The van der Waals surface area contributed by atoms with Gasteiger partial charge in [-0.15, -0.1) is 0 Å². The lowest BCUT2D eigenvalue weighted by Gasteiger charge is -2.17. The molecule has 0 aromatic heterocycles. The van der Waals surface area contributed by atoms with Crippen LogP contribution < -0.4 is 15.4 Å². The monoisotopic (exact) mass is 294 g/mol. The third-order valence-electron chi connectivity index (χ3n) is 3.25. The van der Waals surface area contributed by atoms with E-state index < -0.39 is 6.10 Å². The van der Waals surface area contributed by atoms with Gasteiger partial charge in [-0.2, -0.15) is 0 Å². The number of rotatable bonds is 8. The number of aliphatic hydroxyl groups excluding tert-OH is 1. The van der Waals surface area contributed by atoms with Crippen molar-refractivity contribution in [3.05, 3.63) is 29.8 Å². The normalized spacial score (nSPS) is 12.0. The van der Waals surface area contributed by atoms with Crippen molar-refractivity contribution in [2.45, 2.75) is 45.8 Å². The highest BCUT2D eigenvalue weighted by Crippen LogP contribution is 2.12. The van der Waals surface area contributed by atoms with Crippen LogP contribution in [-0.4, -0.2) is 36.4 Å². The third kappa shape index (κ3) is 6.99. The first-order valence-corrected chi connectivity index (χ1v) is 7.47. The molecule has 0 spiro atoms. The average Bonchev–Trinajstić information content (AvgIpc) is 2.48. The first kappa shape index (κ1) is 17.3. The van der Waals surface area contributed by atoms with E-state index in [1.54, 1.807) is 0 Å². The molecule has 5 heteroatoms. The summed E-state index contributed by atoms with van der Waals surface area (Å²) in [5.74, 6) is 0.718. The minimum atomic E-state index is -0.738. The van der Waals surface area contributed by atoms with Crippen LogP contribution >= 0.6 is 0 Å². The molecule has 0 aliphatic heterocycles. The maximum absolute atomic E-state index is 11.6. The number of urea groups is 1. The van der Waals surface area contributed by atoms with Gasteiger partial charge in [0.2, 0.25) is 0 Å². The SMILES string of the molecule is CCC(CC)NC(=O)NCC(O)COc1cccc(C)c1. The maximum atomic E-state index is 11.6. The van der Waals surface area contributed by atoms with E-state index in [1.807, 2.05) is 45.0 Å². The molecule has 3 N–H and O–H groups in total. The number of nitrogens with one attached hydrogen (secondary N) is 2. The lowest BCUT2D eigenvalue weighted by molar-refractivity contribution is 0.107. The minimum absolute atomic E-state index is 0.148. The number of amides is 2. The topological polar surface area (TPSA) is 70.6 Å². The van der Waals surface area contributed by atoms with E-state index in [9.17, 15) is 9.90 Å². The Kier molecular flexibility index (Phi) is 7.61. The molecular weight excluding hydrogens is 268 g/mol. The van der Waals surface area contributed by atoms with E-state index in [0.717, 1.165) is 24.2 Å².